The maximum atomic E-state index is 14.9. The molecule has 48 heteroatoms. The van der Waals surface area contributed by atoms with Crippen LogP contribution in [0.3, 0.4) is 0 Å². The minimum absolute atomic E-state index is 0.0126. The zero-order valence-electron chi connectivity index (χ0n) is 78.1. The van der Waals surface area contributed by atoms with Crippen molar-refractivity contribution in [3.63, 3.8) is 0 Å². The van der Waals surface area contributed by atoms with E-state index in [0.29, 0.717) is 32.1 Å². The molecule has 3 aliphatic heterocycles. The molecule has 0 bridgehead atoms. The lowest BCUT2D eigenvalue weighted by Crippen LogP contribution is -2.66. The number of ether oxygens (including phenoxy) is 21. The summed E-state index contributed by atoms with van der Waals surface area (Å²) < 4.78 is 135. The van der Waals surface area contributed by atoms with Gasteiger partial charge in [-0.2, -0.15) is 0 Å². The van der Waals surface area contributed by atoms with E-state index in [1.807, 2.05) is 27.7 Å². The summed E-state index contributed by atoms with van der Waals surface area (Å²) in [5.41, 5.74) is -1.58. The van der Waals surface area contributed by atoms with Gasteiger partial charge in [0.05, 0.1) is 112 Å². The molecule has 0 aromatic carbocycles. The van der Waals surface area contributed by atoms with E-state index in [4.69, 9.17) is 115 Å². The first-order chi connectivity index (χ1) is 62.6. The smallest absolute Gasteiger partial charge is 0.303 e. The molecular weight excluding hydrogens is 1780 g/mol. The topological polar surface area (TPSA) is 573 Å². The minimum atomic E-state index is -1.58. The average Bonchev–Trinajstić information content (AvgIpc) is 0.792. The molecule has 0 aromatic heterocycles. The van der Waals surface area contributed by atoms with Gasteiger partial charge in [-0.25, -0.2) is 4.67 Å². The number of amides is 7. The lowest BCUT2D eigenvalue weighted by Gasteiger charge is -2.44. The van der Waals surface area contributed by atoms with Gasteiger partial charge in [0.15, 0.2) is 55.5 Å². The Morgan fingerprint density at radius 2 is 0.689 bits per heavy atom. The second-order valence-corrected chi connectivity index (χ2v) is 32.9. The normalized spacial score (nSPS) is 24.1. The fraction of sp³-hybridized carbons (Fsp3) is 0.786. The number of carbonyl (C=O) groups excluding carboxylic acids is 16. The number of nitrogens with zero attached hydrogens (tertiary/aromatic N) is 1. The van der Waals surface area contributed by atoms with Crippen LogP contribution in [0.5, 0.6) is 0 Å². The summed E-state index contributed by atoms with van der Waals surface area (Å²) in [5, 5.41) is 19.2. The van der Waals surface area contributed by atoms with Gasteiger partial charge < -0.3 is 146 Å². The van der Waals surface area contributed by atoms with Crippen LogP contribution in [0, 0.1) is 18.3 Å². The number of terminal acetylenes is 1. The van der Waals surface area contributed by atoms with Crippen LogP contribution in [0.15, 0.2) is 0 Å². The summed E-state index contributed by atoms with van der Waals surface area (Å²) in [7, 11) is -1.56. The van der Waals surface area contributed by atoms with Gasteiger partial charge in [-0.15, -0.1) is 12.3 Å². The van der Waals surface area contributed by atoms with Crippen LogP contribution < -0.4 is 37.2 Å². The number of esters is 9. The van der Waals surface area contributed by atoms with Gasteiger partial charge in [0.2, 0.25) is 41.4 Å². The van der Waals surface area contributed by atoms with Gasteiger partial charge in [-0.1, -0.05) is 0 Å². The number of hydrogen-bond acceptors (Lipinski definition) is 40. The molecule has 16 atom stereocenters. The summed E-state index contributed by atoms with van der Waals surface area (Å²) >= 11 is 0. The summed E-state index contributed by atoms with van der Waals surface area (Å²) in [5.74, 6) is -8.44. The lowest BCUT2D eigenvalue weighted by atomic mass is 9.86. The van der Waals surface area contributed by atoms with Crippen molar-refractivity contribution in [3.05, 3.63) is 0 Å². The molecule has 4 rings (SSSR count). The lowest BCUT2D eigenvalue weighted by molar-refractivity contribution is -0.279. The molecule has 132 heavy (non-hydrogen) atoms. The zero-order chi connectivity index (χ0) is 98.0. The van der Waals surface area contributed by atoms with E-state index >= 15 is 0 Å². The highest BCUT2D eigenvalue weighted by Gasteiger charge is 2.55. The van der Waals surface area contributed by atoms with Crippen molar-refractivity contribution in [2.75, 3.05) is 145 Å². The molecule has 0 aromatic rings. The van der Waals surface area contributed by atoms with Crippen molar-refractivity contribution >= 4 is 104 Å². The van der Waals surface area contributed by atoms with Crippen LogP contribution in [0.4, 0.5) is 0 Å². The highest BCUT2D eigenvalue weighted by molar-refractivity contribution is 7.44. The minimum Gasteiger partial charge on any atom is -0.463 e. The molecule has 0 spiro atoms. The third-order valence-electron chi connectivity index (χ3n) is 19.4. The monoisotopic (exact) mass is 1910 g/mol. The molecule has 7 N–H and O–H groups in total. The van der Waals surface area contributed by atoms with E-state index < -0.39 is 227 Å². The van der Waals surface area contributed by atoms with Gasteiger partial charge in [0, 0.05) is 146 Å². The fourth-order valence-electron chi connectivity index (χ4n) is 14.1. The quantitative estimate of drug-likeness (QED) is 0.0132. The standard InChI is InChI=1S/C84H135N8O39P/c1-18-19-30-121-132(92(49(2)3)50(4)5)131-64-22-20-63(21-23-64)80(108)91-84(46-112-31-24-68(105)85-27-34-109-37-40-115-81-71(88-51(6)93)77(125-60(15)102)74(122-57(12)99)65(128-81)43-118-54(9)96,47-113-32-25-69(106)86-28-35-110-38-41-116-82-72(89-52(7)94)78(126-61(16)103)75(123-58(13)100)66(129-82)44-119-55(10)97)48-114-33-26-70(107)87-29-36-111-39-42-117-83-73(90-53(8)95)79(127-62(17)104)76(124-59(14)101)67(130-83)45-120-56(11)98/h1,49-50,63-67,71-79,81-83H,19-48H2,2-17H3,(H,85,105)(H,86,106)(H,87,107)(H,88,93)(H,89,94)(H,90,95)(H,91,108). The maximum Gasteiger partial charge on any atom is 0.303 e. The van der Waals surface area contributed by atoms with Crippen molar-refractivity contribution in [2.24, 2.45) is 5.92 Å². The predicted octanol–water partition coefficient (Wildman–Crippen LogP) is -0.561. The average molecular weight is 1910 g/mol. The third kappa shape index (κ3) is 45.3. The van der Waals surface area contributed by atoms with Crippen LogP contribution in [-0.2, 0) is 185 Å². The Morgan fingerprint density at radius 1 is 0.386 bits per heavy atom. The number of carbonyl (C=O) groups is 16. The molecule has 3 heterocycles. The second kappa shape index (κ2) is 62.5. The highest BCUT2D eigenvalue weighted by atomic mass is 31.2. The number of nitrogens with one attached hydrogen (secondary N) is 7. The first-order valence-corrected chi connectivity index (χ1v) is 44.7. The van der Waals surface area contributed by atoms with E-state index in [1.165, 1.54) is 20.8 Å². The fourth-order valence-corrected chi connectivity index (χ4v) is 15.9. The summed E-state index contributed by atoms with van der Waals surface area (Å²) in [6.07, 6.45) is -9.16. The van der Waals surface area contributed by atoms with Crippen LogP contribution in [0.25, 0.3) is 0 Å². The van der Waals surface area contributed by atoms with Crippen molar-refractivity contribution in [1.29, 1.82) is 0 Å². The second-order valence-electron chi connectivity index (χ2n) is 31.5. The van der Waals surface area contributed by atoms with Gasteiger partial charge in [0.25, 0.3) is 8.53 Å². The van der Waals surface area contributed by atoms with E-state index in [0.717, 1.165) is 62.3 Å². The summed E-state index contributed by atoms with van der Waals surface area (Å²) in [6, 6.07) is -3.58. The summed E-state index contributed by atoms with van der Waals surface area (Å²) in [6.45, 7) is 17.9. The molecule has 1 saturated carbocycles. The molecule has 47 nitrogen and oxygen atoms in total. The van der Waals surface area contributed by atoms with Crippen molar-refractivity contribution < 1.29 is 185 Å². The first kappa shape index (κ1) is 115. The Morgan fingerprint density at radius 3 is 0.962 bits per heavy atom. The Labute approximate surface area is 769 Å². The van der Waals surface area contributed by atoms with Gasteiger partial charge in [-0.05, 0) is 53.4 Å². The Hall–Kier alpha value is -9.09. The molecule has 750 valence electrons. The molecule has 4 fully saturated rings. The Kier molecular flexibility index (Phi) is 54.5. The van der Waals surface area contributed by atoms with Crippen LogP contribution in [-0.4, -0.2) is 361 Å². The van der Waals surface area contributed by atoms with E-state index in [1.54, 1.807) is 0 Å². The number of rotatable bonds is 61. The van der Waals surface area contributed by atoms with Gasteiger partial charge in [0.1, 0.15) is 61.8 Å². The molecule has 16 unspecified atom stereocenters. The summed E-state index contributed by atoms with van der Waals surface area (Å²) in [4.78, 5) is 202. The molecule has 3 saturated heterocycles. The predicted molar refractivity (Wildman–Crippen MR) is 454 cm³/mol. The van der Waals surface area contributed by atoms with Crippen LogP contribution in [0.1, 0.15) is 162 Å². The van der Waals surface area contributed by atoms with Crippen LogP contribution >= 0.6 is 8.53 Å². The third-order valence-corrected chi connectivity index (χ3v) is 21.6. The van der Waals surface area contributed by atoms with E-state index in [-0.39, 0.29) is 163 Å². The SMILES string of the molecule is C#CCCOP(OC1CCC(C(=O)NC(COCCC(=O)NCCOCCOC2OC(COC(C)=O)C(OC(C)=O)C(OC(C)=O)C2NC(C)=O)(COCCC(=O)NCCOCCOC2OC(COC(C)=O)C(OC(C)=O)C(OC(C)=O)C2NC(C)=O)COCCC(=O)NCCOCCOC2OC(COC(C)=O)C(OC(C)=O)C(OC(C)=O)C2NC(C)=O)CC1)N(C(C)C)C(C)C. The molecule has 7 amide bonds. The van der Waals surface area contributed by atoms with E-state index in [2.05, 4.69) is 47.8 Å². The largest absolute Gasteiger partial charge is 0.463 e. The van der Waals surface area contributed by atoms with E-state index in [9.17, 15) is 76.7 Å². The Bertz CT molecular complexity index is 3390. The highest BCUT2D eigenvalue weighted by Crippen LogP contribution is 2.49. The van der Waals surface area contributed by atoms with Crippen molar-refractivity contribution in [1.82, 2.24) is 41.9 Å². The van der Waals surface area contributed by atoms with Crippen molar-refractivity contribution in [3.8, 4) is 12.3 Å². The van der Waals surface area contributed by atoms with Gasteiger partial charge >= 0.3 is 53.7 Å². The van der Waals surface area contributed by atoms with Gasteiger partial charge in [-0.3, -0.25) is 76.7 Å². The first-order valence-electron chi connectivity index (χ1n) is 43.6. The molecule has 1 aliphatic carbocycles. The Balaban J connectivity index is 1.52. The number of hydrogen-bond donors (Lipinski definition) is 7. The van der Waals surface area contributed by atoms with Crippen molar-refractivity contribution in [2.45, 2.75) is 278 Å². The molecular formula is C84H135N8O39P. The zero-order valence-corrected chi connectivity index (χ0v) is 79.0. The van der Waals surface area contributed by atoms with Crippen LogP contribution in [0.2, 0.25) is 0 Å². The molecule has 4 aliphatic rings. The maximum absolute atomic E-state index is 14.9. The molecule has 0 radical (unpaired) electrons.